The summed E-state index contributed by atoms with van der Waals surface area (Å²) >= 11 is 17.7. The van der Waals surface area contributed by atoms with Gasteiger partial charge in [-0.1, -0.05) is 34.8 Å². The van der Waals surface area contributed by atoms with Gasteiger partial charge in [-0.25, -0.2) is 13.4 Å². The van der Waals surface area contributed by atoms with Crippen LogP contribution in [0.2, 0.25) is 15.1 Å². The number of hydrogen-bond acceptors (Lipinski definition) is 6. The summed E-state index contributed by atoms with van der Waals surface area (Å²) in [4.78, 5) is 18.0. The van der Waals surface area contributed by atoms with Crippen LogP contribution < -0.4 is 14.8 Å². The maximum absolute atomic E-state index is 12.7. The molecule has 30 heavy (non-hydrogen) atoms. The number of carbonyl (C=O) groups excluding carboxylic acids is 1. The Morgan fingerprint density at radius 3 is 2.53 bits per heavy atom. The van der Waals surface area contributed by atoms with Gasteiger partial charge in [0.25, 0.3) is 15.9 Å². The molecule has 1 unspecified atom stereocenters. The second-order valence-corrected chi connectivity index (χ2v) is 9.48. The molecule has 2 N–H and O–H groups in total. The molecule has 2 rings (SSSR count). The summed E-state index contributed by atoms with van der Waals surface area (Å²) in [5.74, 6) is -0.467. The summed E-state index contributed by atoms with van der Waals surface area (Å²) in [6.07, 6.45) is 0.360. The molecule has 1 aromatic carbocycles. The fourth-order valence-corrected chi connectivity index (χ4v) is 3.80. The number of amides is 1. The molecule has 0 fully saturated rings. The Morgan fingerprint density at radius 2 is 1.90 bits per heavy atom. The van der Waals surface area contributed by atoms with Crippen LogP contribution >= 0.6 is 34.8 Å². The van der Waals surface area contributed by atoms with Gasteiger partial charge in [-0.3, -0.25) is 9.52 Å². The van der Waals surface area contributed by atoms with Crippen molar-refractivity contribution in [3.8, 4) is 5.88 Å². The van der Waals surface area contributed by atoms with Gasteiger partial charge in [-0.05, 0) is 45.3 Å². The minimum absolute atomic E-state index is 0.0264. The van der Waals surface area contributed by atoms with Crippen molar-refractivity contribution < 1.29 is 17.9 Å². The molecule has 1 heterocycles. The number of nitrogens with one attached hydrogen (secondary N) is 2. The van der Waals surface area contributed by atoms with Gasteiger partial charge in [0.2, 0.25) is 5.88 Å². The van der Waals surface area contributed by atoms with Crippen LogP contribution in [-0.2, 0) is 14.8 Å². The van der Waals surface area contributed by atoms with Crippen molar-refractivity contribution in [2.24, 2.45) is 0 Å². The molecule has 2 aromatic rings. The Morgan fingerprint density at radius 1 is 1.20 bits per heavy atom. The van der Waals surface area contributed by atoms with Gasteiger partial charge in [0, 0.05) is 19.3 Å². The third-order valence-corrected chi connectivity index (χ3v) is 6.09. The van der Waals surface area contributed by atoms with Gasteiger partial charge < -0.3 is 15.0 Å². The van der Waals surface area contributed by atoms with Crippen LogP contribution in [0.3, 0.4) is 0 Å². The first-order chi connectivity index (χ1) is 14.0. The fraction of sp³-hybridized carbons (Fsp3) is 0.333. The van der Waals surface area contributed by atoms with E-state index in [9.17, 15) is 13.2 Å². The van der Waals surface area contributed by atoms with Crippen LogP contribution in [0.5, 0.6) is 5.88 Å². The minimum atomic E-state index is -4.05. The van der Waals surface area contributed by atoms with Crippen LogP contribution in [0.25, 0.3) is 0 Å². The molecule has 164 valence electrons. The summed E-state index contributed by atoms with van der Waals surface area (Å²) in [5.41, 5.74) is -0.0264. The summed E-state index contributed by atoms with van der Waals surface area (Å²) in [6, 6.07) is 5.21. The summed E-state index contributed by atoms with van der Waals surface area (Å²) in [5, 5.41) is 3.21. The Balaban J connectivity index is 2.20. The monoisotopic (exact) mass is 494 g/mol. The Hall–Kier alpha value is -1.78. The lowest BCUT2D eigenvalue weighted by Crippen LogP contribution is -2.39. The van der Waals surface area contributed by atoms with Gasteiger partial charge in [0.15, 0.2) is 6.10 Å². The molecule has 12 heteroatoms. The number of likely N-dealkylation sites (N-methyl/N-ethyl adjacent to an activating group) is 1. The lowest BCUT2D eigenvalue weighted by atomic mass is 10.3. The van der Waals surface area contributed by atoms with Crippen molar-refractivity contribution in [3.05, 3.63) is 45.5 Å². The summed E-state index contributed by atoms with van der Waals surface area (Å²) in [6.45, 7) is 2.62. The second kappa shape index (κ2) is 10.5. The van der Waals surface area contributed by atoms with E-state index >= 15 is 0 Å². The molecule has 8 nitrogen and oxygen atoms in total. The van der Waals surface area contributed by atoms with Crippen molar-refractivity contribution in [2.75, 3.05) is 31.9 Å². The number of hydrogen-bond donors (Lipinski definition) is 2. The molecule has 0 aliphatic heterocycles. The van der Waals surface area contributed by atoms with Crippen LogP contribution in [0, 0.1) is 0 Å². The first kappa shape index (κ1) is 24.5. The van der Waals surface area contributed by atoms with Crippen LogP contribution in [-0.4, -0.2) is 57.5 Å². The smallest absolute Gasteiger partial charge is 0.262 e. The van der Waals surface area contributed by atoms with E-state index in [2.05, 4.69) is 15.0 Å². The zero-order valence-corrected chi connectivity index (χ0v) is 19.5. The molecular weight excluding hydrogens is 475 g/mol. The van der Waals surface area contributed by atoms with Crippen molar-refractivity contribution in [1.82, 2.24) is 15.2 Å². The number of sulfonamides is 1. The van der Waals surface area contributed by atoms with Crippen molar-refractivity contribution in [3.63, 3.8) is 0 Å². The van der Waals surface area contributed by atoms with Crippen LogP contribution in [0.1, 0.15) is 6.92 Å². The normalized spacial score (nSPS) is 12.5. The van der Waals surface area contributed by atoms with Crippen molar-refractivity contribution in [1.29, 1.82) is 0 Å². The number of aromatic nitrogens is 1. The SMILES string of the molecule is CC(Oc1ncc(Cl)cc1NS(=O)(=O)c1ccc(Cl)c(Cl)c1)C(=O)NCCN(C)C. The van der Waals surface area contributed by atoms with E-state index in [0.717, 1.165) is 0 Å². The first-order valence-corrected chi connectivity index (χ1v) is 11.3. The third kappa shape index (κ3) is 6.88. The molecule has 1 amide bonds. The van der Waals surface area contributed by atoms with Crippen LogP contribution in [0.15, 0.2) is 35.4 Å². The molecule has 0 radical (unpaired) electrons. The average molecular weight is 496 g/mol. The predicted octanol–water partition coefficient (Wildman–Crippen LogP) is 3.29. The maximum atomic E-state index is 12.7. The largest absolute Gasteiger partial charge is 0.463 e. The van der Waals surface area contributed by atoms with E-state index in [4.69, 9.17) is 39.5 Å². The molecule has 1 atom stereocenters. The van der Waals surface area contributed by atoms with E-state index in [1.807, 2.05) is 19.0 Å². The highest BCUT2D eigenvalue weighted by Gasteiger charge is 2.22. The number of benzene rings is 1. The van der Waals surface area contributed by atoms with Gasteiger partial charge in [-0.2, -0.15) is 0 Å². The molecule has 0 bridgehead atoms. The summed E-state index contributed by atoms with van der Waals surface area (Å²) < 4.78 is 33.4. The standard InChI is InChI=1S/C18H21Cl3N4O4S/c1-11(17(26)22-6-7-25(2)3)29-18-16(8-12(19)10-23-18)24-30(27,28)13-4-5-14(20)15(21)9-13/h4-5,8-11,24H,6-7H2,1-3H3,(H,22,26). The van der Waals surface area contributed by atoms with Gasteiger partial charge >= 0.3 is 0 Å². The Bertz CT molecular complexity index is 1020. The highest BCUT2D eigenvalue weighted by atomic mass is 35.5. The number of nitrogens with zero attached hydrogens (tertiary/aromatic N) is 2. The van der Waals surface area contributed by atoms with E-state index in [1.165, 1.54) is 37.4 Å². The van der Waals surface area contributed by atoms with E-state index in [0.29, 0.717) is 13.1 Å². The number of rotatable bonds is 9. The number of halogens is 3. The first-order valence-electron chi connectivity index (χ1n) is 8.72. The lowest BCUT2D eigenvalue weighted by Gasteiger charge is -2.18. The molecule has 0 spiro atoms. The number of carbonyl (C=O) groups is 1. The molecule has 1 aromatic heterocycles. The minimum Gasteiger partial charge on any atom is -0.463 e. The Labute approximate surface area is 190 Å². The maximum Gasteiger partial charge on any atom is 0.262 e. The van der Waals surface area contributed by atoms with E-state index in [-0.39, 0.29) is 37.4 Å². The molecule has 0 aliphatic rings. The van der Waals surface area contributed by atoms with Crippen molar-refractivity contribution >= 4 is 56.4 Å². The topological polar surface area (TPSA) is 101 Å². The average Bonchev–Trinajstić information content (AvgIpc) is 2.65. The highest BCUT2D eigenvalue weighted by molar-refractivity contribution is 7.92. The van der Waals surface area contributed by atoms with Gasteiger partial charge in [0.1, 0.15) is 5.69 Å². The van der Waals surface area contributed by atoms with Gasteiger partial charge in [0.05, 0.1) is 20.0 Å². The molecule has 0 aliphatic carbocycles. The van der Waals surface area contributed by atoms with E-state index < -0.39 is 16.1 Å². The van der Waals surface area contributed by atoms with Crippen molar-refractivity contribution in [2.45, 2.75) is 17.9 Å². The Kier molecular flexibility index (Phi) is 8.57. The quantitative estimate of drug-likeness (QED) is 0.554. The molecule has 0 saturated heterocycles. The van der Waals surface area contributed by atoms with E-state index in [1.54, 1.807) is 0 Å². The molecule has 0 saturated carbocycles. The number of pyridine rings is 1. The highest BCUT2D eigenvalue weighted by Crippen LogP contribution is 2.30. The van der Waals surface area contributed by atoms with Crippen LogP contribution in [0.4, 0.5) is 5.69 Å². The second-order valence-electron chi connectivity index (χ2n) is 6.54. The zero-order chi connectivity index (χ0) is 22.5. The van der Waals surface area contributed by atoms with Gasteiger partial charge in [-0.15, -0.1) is 0 Å². The predicted molar refractivity (Wildman–Crippen MR) is 118 cm³/mol. The number of anilines is 1. The lowest BCUT2D eigenvalue weighted by molar-refractivity contribution is -0.127. The molecular formula is C18H21Cl3N4O4S. The third-order valence-electron chi connectivity index (χ3n) is 3.78. The zero-order valence-electron chi connectivity index (χ0n) is 16.4. The summed E-state index contributed by atoms with van der Waals surface area (Å²) in [7, 11) is -0.280. The number of ether oxygens (including phenoxy) is 1. The fourth-order valence-electron chi connectivity index (χ4n) is 2.21.